The zero-order valence-corrected chi connectivity index (χ0v) is 9.14. The monoisotopic (exact) mass is 225 g/mol. The first kappa shape index (κ1) is 11.3. The van der Waals surface area contributed by atoms with Crippen molar-refractivity contribution in [2.45, 2.75) is 23.5 Å². The van der Waals surface area contributed by atoms with Crippen molar-refractivity contribution in [1.82, 2.24) is 0 Å². The van der Waals surface area contributed by atoms with E-state index >= 15 is 0 Å². The molecule has 3 unspecified atom stereocenters. The molecule has 1 saturated heterocycles. The van der Waals surface area contributed by atoms with Gasteiger partial charge in [-0.2, -0.15) is 11.8 Å². The second kappa shape index (κ2) is 4.16. The fourth-order valence-electron chi connectivity index (χ4n) is 1.28. The zero-order valence-electron chi connectivity index (χ0n) is 7.51. The third kappa shape index (κ3) is 3.12. The minimum absolute atomic E-state index is 0.0865. The lowest BCUT2D eigenvalue weighted by molar-refractivity contribution is 0.207. The zero-order chi connectivity index (χ0) is 10.1. The molecule has 0 bridgehead atoms. The highest BCUT2D eigenvalue weighted by atomic mass is 32.2. The highest BCUT2D eigenvalue weighted by Crippen LogP contribution is 2.27. The van der Waals surface area contributed by atoms with Crippen molar-refractivity contribution in [3.63, 3.8) is 0 Å². The molecule has 4 nitrogen and oxygen atoms in total. The molecule has 1 rings (SSSR count). The molecule has 3 atom stereocenters. The summed E-state index contributed by atoms with van der Waals surface area (Å²) in [5, 5.41) is 9.44. The summed E-state index contributed by atoms with van der Waals surface area (Å²) in [6.07, 6.45) is -0.719. The van der Waals surface area contributed by atoms with Gasteiger partial charge < -0.3 is 10.8 Å². The lowest BCUT2D eigenvalue weighted by Gasteiger charge is -2.16. The molecule has 6 heteroatoms. The standard InChI is InChI=1S/C7H15NO3S2/c1-5(2-8)12-7-4-13(10,11)3-6(7)9/h5-7,9H,2-4,8H2,1H3. The Morgan fingerprint density at radius 2 is 2.23 bits per heavy atom. The molecule has 0 aliphatic carbocycles. The van der Waals surface area contributed by atoms with Gasteiger partial charge in [0.25, 0.3) is 0 Å². The van der Waals surface area contributed by atoms with Crippen molar-refractivity contribution in [1.29, 1.82) is 0 Å². The number of hydrogen-bond acceptors (Lipinski definition) is 5. The fraction of sp³-hybridized carbons (Fsp3) is 1.00. The van der Waals surface area contributed by atoms with Crippen LogP contribution in [0.25, 0.3) is 0 Å². The topological polar surface area (TPSA) is 80.4 Å². The van der Waals surface area contributed by atoms with Crippen LogP contribution < -0.4 is 5.73 Å². The maximum Gasteiger partial charge on any atom is 0.154 e. The van der Waals surface area contributed by atoms with E-state index < -0.39 is 15.9 Å². The van der Waals surface area contributed by atoms with Crippen LogP contribution in [0.15, 0.2) is 0 Å². The molecule has 0 aromatic carbocycles. The summed E-state index contributed by atoms with van der Waals surface area (Å²) in [5.74, 6) is -0.00880. The van der Waals surface area contributed by atoms with Crippen LogP contribution in [-0.4, -0.2) is 48.2 Å². The molecule has 0 aromatic rings. The number of aliphatic hydroxyl groups excluding tert-OH is 1. The van der Waals surface area contributed by atoms with Gasteiger partial charge in [0.1, 0.15) is 0 Å². The third-order valence-corrected chi connectivity index (χ3v) is 5.43. The molecule has 1 aliphatic heterocycles. The second-order valence-corrected chi connectivity index (χ2v) is 7.20. The Morgan fingerprint density at radius 1 is 1.62 bits per heavy atom. The van der Waals surface area contributed by atoms with Gasteiger partial charge in [-0.05, 0) is 0 Å². The summed E-state index contributed by atoms with van der Waals surface area (Å²) >= 11 is 1.46. The number of hydrogen-bond donors (Lipinski definition) is 2. The molecule has 1 fully saturated rings. The predicted octanol–water partition coefficient (Wildman–Crippen LogP) is -0.775. The third-order valence-electron chi connectivity index (χ3n) is 2.01. The second-order valence-electron chi connectivity index (χ2n) is 3.37. The van der Waals surface area contributed by atoms with E-state index in [0.29, 0.717) is 6.54 Å². The molecule has 0 spiro atoms. The molecule has 3 N–H and O–H groups in total. The Labute approximate surface area is 82.8 Å². The molecule has 0 amide bonds. The van der Waals surface area contributed by atoms with Crippen LogP contribution in [0, 0.1) is 0 Å². The van der Waals surface area contributed by atoms with E-state index in [4.69, 9.17) is 5.73 Å². The number of aliphatic hydroxyl groups is 1. The molecular formula is C7H15NO3S2. The first-order valence-corrected chi connectivity index (χ1v) is 6.95. The van der Waals surface area contributed by atoms with E-state index in [1.165, 1.54) is 11.8 Å². The average molecular weight is 225 g/mol. The minimum atomic E-state index is -3.01. The van der Waals surface area contributed by atoms with Gasteiger partial charge in [0.2, 0.25) is 0 Å². The minimum Gasteiger partial charge on any atom is -0.391 e. The van der Waals surface area contributed by atoms with Crippen LogP contribution in [0.2, 0.25) is 0 Å². The largest absolute Gasteiger partial charge is 0.391 e. The van der Waals surface area contributed by atoms with Gasteiger partial charge >= 0.3 is 0 Å². The normalized spacial score (nSPS) is 34.7. The smallest absolute Gasteiger partial charge is 0.154 e. The average Bonchev–Trinajstić information content (AvgIpc) is 2.24. The number of sulfone groups is 1. The van der Waals surface area contributed by atoms with Crippen LogP contribution in [0.3, 0.4) is 0 Å². The molecule has 13 heavy (non-hydrogen) atoms. The molecule has 78 valence electrons. The Kier molecular flexibility index (Phi) is 3.62. The van der Waals surface area contributed by atoms with Crippen molar-refractivity contribution in [3.05, 3.63) is 0 Å². The van der Waals surface area contributed by atoms with Crippen molar-refractivity contribution >= 4 is 21.6 Å². The van der Waals surface area contributed by atoms with Crippen LogP contribution in [0.1, 0.15) is 6.92 Å². The van der Waals surface area contributed by atoms with Crippen LogP contribution in [0.4, 0.5) is 0 Å². The summed E-state index contributed by atoms with van der Waals surface area (Å²) in [7, 11) is -3.01. The van der Waals surface area contributed by atoms with Crippen molar-refractivity contribution in [2.75, 3.05) is 18.1 Å². The Morgan fingerprint density at radius 3 is 2.62 bits per heavy atom. The van der Waals surface area contributed by atoms with Crippen LogP contribution in [-0.2, 0) is 9.84 Å². The Balaban J connectivity index is 2.53. The van der Waals surface area contributed by atoms with Gasteiger partial charge in [-0.25, -0.2) is 8.42 Å². The maximum absolute atomic E-state index is 11.1. The number of nitrogens with two attached hydrogens (primary N) is 1. The SMILES string of the molecule is CC(CN)SC1CS(=O)(=O)CC1O. The van der Waals surface area contributed by atoms with Crippen molar-refractivity contribution < 1.29 is 13.5 Å². The molecular weight excluding hydrogens is 210 g/mol. The van der Waals surface area contributed by atoms with E-state index in [1.54, 1.807) is 0 Å². The Bertz CT molecular complexity index is 265. The van der Waals surface area contributed by atoms with E-state index in [9.17, 15) is 13.5 Å². The maximum atomic E-state index is 11.1. The van der Waals surface area contributed by atoms with Gasteiger partial charge in [0.15, 0.2) is 9.84 Å². The first-order chi connectivity index (χ1) is 5.94. The number of rotatable bonds is 3. The van der Waals surface area contributed by atoms with Gasteiger partial charge in [-0.15, -0.1) is 0 Å². The summed E-state index contributed by atoms with van der Waals surface area (Å²) in [4.78, 5) is 0. The predicted molar refractivity (Wildman–Crippen MR) is 54.6 cm³/mol. The van der Waals surface area contributed by atoms with Gasteiger partial charge in [-0.3, -0.25) is 0 Å². The Hall–Kier alpha value is 0.220. The summed E-state index contributed by atoms with van der Waals surface area (Å²) < 4.78 is 22.2. The van der Waals surface area contributed by atoms with E-state index in [2.05, 4.69) is 0 Å². The van der Waals surface area contributed by atoms with Crippen LogP contribution in [0.5, 0.6) is 0 Å². The molecule has 0 saturated carbocycles. The molecule has 0 radical (unpaired) electrons. The van der Waals surface area contributed by atoms with E-state index in [-0.39, 0.29) is 22.0 Å². The van der Waals surface area contributed by atoms with Crippen molar-refractivity contribution in [3.8, 4) is 0 Å². The molecule has 1 aliphatic rings. The highest BCUT2D eigenvalue weighted by Gasteiger charge is 2.37. The fourth-order valence-corrected chi connectivity index (χ4v) is 4.94. The first-order valence-electron chi connectivity index (χ1n) is 4.18. The van der Waals surface area contributed by atoms with Gasteiger partial charge in [-0.1, -0.05) is 6.92 Å². The quantitative estimate of drug-likeness (QED) is 0.659. The van der Waals surface area contributed by atoms with E-state index in [1.807, 2.05) is 6.92 Å². The van der Waals surface area contributed by atoms with Gasteiger partial charge in [0, 0.05) is 17.0 Å². The van der Waals surface area contributed by atoms with Crippen molar-refractivity contribution in [2.24, 2.45) is 5.73 Å². The van der Waals surface area contributed by atoms with E-state index in [0.717, 1.165) is 0 Å². The lowest BCUT2D eigenvalue weighted by atomic mass is 10.3. The highest BCUT2D eigenvalue weighted by molar-refractivity contribution is 8.02. The lowest BCUT2D eigenvalue weighted by Crippen LogP contribution is -2.25. The molecule has 1 heterocycles. The summed E-state index contributed by atoms with van der Waals surface area (Å²) in [6, 6.07) is 0. The van der Waals surface area contributed by atoms with Gasteiger partial charge in [0.05, 0.1) is 17.6 Å². The summed E-state index contributed by atoms with van der Waals surface area (Å²) in [6.45, 7) is 2.44. The van der Waals surface area contributed by atoms with Crippen LogP contribution >= 0.6 is 11.8 Å². The summed E-state index contributed by atoms with van der Waals surface area (Å²) in [5.41, 5.74) is 5.41. The molecule has 0 aromatic heterocycles. The number of thioether (sulfide) groups is 1.